The van der Waals surface area contributed by atoms with Crippen LogP contribution < -0.4 is 10.1 Å². The van der Waals surface area contributed by atoms with E-state index in [-0.39, 0.29) is 23.1 Å². The van der Waals surface area contributed by atoms with Gasteiger partial charge in [0.15, 0.2) is 11.6 Å². The van der Waals surface area contributed by atoms with Crippen molar-refractivity contribution in [1.82, 2.24) is 15.1 Å². The maximum atomic E-state index is 13.7. The van der Waals surface area contributed by atoms with E-state index in [4.69, 9.17) is 27.9 Å². The van der Waals surface area contributed by atoms with Gasteiger partial charge in [-0.25, -0.2) is 13.5 Å². The Hall–Kier alpha value is -2.64. The second-order valence-corrected chi connectivity index (χ2v) is 7.53. The van der Waals surface area contributed by atoms with E-state index in [9.17, 15) is 13.6 Å². The van der Waals surface area contributed by atoms with Gasteiger partial charge in [-0.2, -0.15) is 5.10 Å². The fraction of sp³-hybridized carbons (Fsp3) is 0.238. The highest BCUT2D eigenvalue weighted by Crippen LogP contribution is 2.23. The van der Waals surface area contributed by atoms with Crippen LogP contribution in [0, 0.1) is 18.6 Å². The Kier molecular flexibility index (Phi) is 6.95. The SMILES string of the molecule is Cc1nn(Cc2ccccc2Cl)c(Cl)c1C(=O)NC(C)COc1ccc(F)cc1F. The molecule has 0 bridgehead atoms. The molecule has 9 heteroatoms. The number of hydrogen-bond acceptors (Lipinski definition) is 3. The van der Waals surface area contributed by atoms with Crippen LogP contribution in [0.5, 0.6) is 5.75 Å². The van der Waals surface area contributed by atoms with E-state index in [1.807, 2.05) is 18.2 Å². The van der Waals surface area contributed by atoms with Gasteiger partial charge in [-0.3, -0.25) is 4.79 Å². The zero-order valence-electron chi connectivity index (χ0n) is 16.3. The zero-order chi connectivity index (χ0) is 21.8. The largest absolute Gasteiger partial charge is 0.488 e. The minimum Gasteiger partial charge on any atom is -0.488 e. The molecule has 0 saturated carbocycles. The van der Waals surface area contributed by atoms with Gasteiger partial charge in [-0.1, -0.05) is 41.4 Å². The van der Waals surface area contributed by atoms with E-state index >= 15 is 0 Å². The molecule has 3 rings (SSSR count). The highest BCUT2D eigenvalue weighted by atomic mass is 35.5. The van der Waals surface area contributed by atoms with E-state index in [2.05, 4.69) is 10.4 Å². The molecule has 0 aliphatic carbocycles. The maximum Gasteiger partial charge on any atom is 0.256 e. The van der Waals surface area contributed by atoms with Crippen molar-refractivity contribution in [3.05, 3.63) is 81.1 Å². The summed E-state index contributed by atoms with van der Waals surface area (Å²) in [6, 6.07) is 9.84. The van der Waals surface area contributed by atoms with Crippen LogP contribution in [0.4, 0.5) is 8.78 Å². The number of benzene rings is 2. The number of hydrogen-bond donors (Lipinski definition) is 1. The maximum absolute atomic E-state index is 13.7. The standard InChI is InChI=1S/C21H19Cl2F2N3O2/c1-12(11-30-18-8-7-15(24)9-17(18)25)26-21(29)19-13(2)27-28(20(19)23)10-14-5-3-4-6-16(14)22/h3-9,12H,10-11H2,1-2H3,(H,26,29). The minimum absolute atomic E-state index is 0.0152. The second kappa shape index (κ2) is 9.45. The number of nitrogens with zero attached hydrogens (tertiary/aromatic N) is 2. The fourth-order valence-corrected chi connectivity index (χ4v) is 3.36. The quantitative estimate of drug-likeness (QED) is 0.546. The third-order valence-corrected chi connectivity index (χ3v) is 5.08. The van der Waals surface area contributed by atoms with Gasteiger partial charge >= 0.3 is 0 Å². The van der Waals surface area contributed by atoms with Crippen molar-refractivity contribution in [2.75, 3.05) is 6.61 Å². The first kappa shape index (κ1) is 22.1. The van der Waals surface area contributed by atoms with E-state index in [0.29, 0.717) is 17.3 Å². The van der Waals surface area contributed by atoms with Gasteiger partial charge < -0.3 is 10.1 Å². The van der Waals surface area contributed by atoms with Crippen molar-refractivity contribution in [3.8, 4) is 5.75 Å². The number of aromatic nitrogens is 2. The lowest BCUT2D eigenvalue weighted by atomic mass is 10.2. The van der Waals surface area contributed by atoms with Crippen molar-refractivity contribution in [2.45, 2.75) is 26.4 Å². The number of amides is 1. The van der Waals surface area contributed by atoms with Gasteiger partial charge in [0.05, 0.1) is 23.8 Å². The van der Waals surface area contributed by atoms with Crippen molar-refractivity contribution in [3.63, 3.8) is 0 Å². The molecule has 158 valence electrons. The Morgan fingerprint density at radius 2 is 1.97 bits per heavy atom. The van der Waals surface area contributed by atoms with E-state index in [0.717, 1.165) is 17.7 Å². The smallest absolute Gasteiger partial charge is 0.256 e. The number of aryl methyl sites for hydroxylation is 1. The third kappa shape index (κ3) is 5.09. The Labute approximate surface area is 182 Å². The predicted molar refractivity (Wildman–Crippen MR) is 111 cm³/mol. The number of carbonyl (C=O) groups is 1. The molecule has 30 heavy (non-hydrogen) atoms. The van der Waals surface area contributed by atoms with E-state index in [1.165, 1.54) is 10.7 Å². The van der Waals surface area contributed by atoms with E-state index < -0.39 is 23.6 Å². The van der Waals surface area contributed by atoms with Gasteiger partial charge in [0.1, 0.15) is 17.6 Å². The van der Waals surface area contributed by atoms with Gasteiger partial charge in [0.2, 0.25) is 0 Å². The van der Waals surface area contributed by atoms with Gasteiger partial charge in [0, 0.05) is 11.1 Å². The molecule has 0 saturated heterocycles. The molecule has 0 aliphatic heterocycles. The molecule has 3 aromatic rings. The third-order valence-electron chi connectivity index (χ3n) is 4.33. The number of carbonyl (C=O) groups excluding carboxylic acids is 1. The lowest BCUT2D eigenvalue weighted by Crippen LogP contribution is -2.37. The summed E-state index contributed by atoms with van der Waals surface area (Å²) in [5.41, 5.74) is 1.52. The molecule has 1 amide bonds. The highest BCUT2D eigenvalue weighted by Gasteiger charge is 2.22. The summed E-state index contributed by atoms with van der Waals surface area (Å²) in [6.07, 6.45) is 0. The zero-order valence-corrected chi connectivity index (χ0v) is 17.8. The average molecular weight is 454 g/mol. The second-order valence-electron chi connectivity index (χ2n) is 6.76. The van der Waals surface area contributed by atoms with Crippen LogP contribution in [0.1, 0.15) is 28.5 Å². The van der Waals surface area contributed by atoms with Crippen molar-refractivity contribution in [2.24, 2.45) is 0 Å². The number of rotatable bonds is 7. The summed E-state index contributed by atoms with van der Waals surface area (Å²) >= 11 is 12.6. The van der Waals surface area contributed by atoms with Crippen LogP contribution in [-0.4, -0.2) is 28.3 Å². The molecule has 5 nitrogen and oxygen atoms in total. The molecule has 1 N–H and O–H groups in total. The summed E-state index contributed by atoms with van der Waals surface area (Å²) in [4.78, 5) is 12.7. The summed E-state index contributed by atoms with van der Waals surface area (Å²) in [5, 5.41) is 7.84. The molecule has 0 radical (unpaired) electrons. The Balaban J connectivity index is 1.66. The lowest BCUT2D eigenvalue weighted by molar-refractivity contribution is 0.0925. The summed E-state index contributed by atoms with van der Waals surface area (Å²) in [7, 11) is 0. The fourth-order valence-electron chi connectivity index (χ4n) is 2.85. The molecule has 0 aliphatic rings. The van der Waals surface area contributed by atoms with Crippen LogP contribution in [0.3, 0.4) is 0 Å². The van der Waals surface area contributed by atoms with Gasteiger partial charge in [-0.05, 0) is 37.6 Å². The molecule has 1 heterocycles. The van der Waals surface area contributed by atoms with E-state index in [1.54, 1.807) is 19.9 Å². The first-order valence-electron chi connectivity index (χ1n) is 9.11. The average Bonchev–Trinajstić information content (AvgIpc) is 2.96. The van der Waals surface area contributed by atoms with Crippen LogP contribution >= 0.6 is 23.2 Å². The van der Waals surface area contributed by atoms with Gasteiger partial charge in [-0.15, -0.1) is 0 Å². The molecule has 0 spiro atoms. The number of halogens is 4. The molecular formula is C21H19Cl2F2N3O2. The number of nitrogens with one attached hydrogen (secondary N) is 1. The Morgan fingerprint density at radius 3 is 2.67 bits per heavy atom. The predicted octanol–water partition coefficient (Wildman–Crippen LogP) is 5.02. The molecular weight excluding hydrogens is 435 g/mol. The highest BCUT2D eigenvalue weighted by molar-refractivity contribution is 6.33. The molecule has 1 atom stereocenters. The van der Waals surface area contributed by atoms with Crippen LogP contribution in [0.25, 0.3) is 0 Å². The van der Waals surface area contributed by atoms with Gasteiger partial charge in [0.25, 0.3) is 5.91 Å². The first-order valence-corrected chi connectivity index (χ1v) is 9.87. The van der Waals surface area contributed by atoms with Crippen molar-refractivity contribution >= 4 is 29.1 Å². The van der Waals surface area contributed by atoms with Crippen molar-refractivity contribution in [1.29, 1.82) is 0 Å². The summed E-state index contributed by atoms with van der Waals surface area (Å²) in [6.45, 7) is 3.67. The molecule has 1 aromatic heterocycles. The normalized spacial score (nSPS) is 11.9. The minimum atomic E-state index is -0.812. The van der Waals surface area contributed by atoms with Crippen LogP contribution in [0.15, 0.2) is 42.5 Å². The Bertz CT molecular complexity index is 1070. The molecule has 2 aromatic carbocycles. The van der Waals surface area contributed by atoms with Crippen molar-refractivity contribution < 1.29 is 18.3 Å². The molecule has 0 fully saturated rings. The lowest BCUT2D eigenvalue weighted by Gasteiger charge is -2.15. The van der Waals surface area contributed by atoms with Crippen LogP contribution in [0.2, 0.25) is 10.2 Å². The van der Waals surface area contributed by atoms with Crippen LogP contribution in [-0.2, 0) is 6.54 Å². The molecule has 1 unspecified atom stereocenters. The Morgan fingerprint density at radius 1 is 1.23 bits per heavy atom. The monoisotopic (exact) mass is 453 g/mol. The first-order chi connectivity index (χ1) is 14.3. The summed E-state index contributed by atoms with van der Waals surface area (Å²) < 4.78 is 33.4. The topological polar surface area (TPSA) is 56.2 Å². The number of ether oxygens (including phenoxy) is 1. The summed E-state index contributed by atoms with van der Waals surface area (Å²) in [5.74, 6) is -2.04.